The van der Waals surface area contributed by atoms with Crippen LogP contribution >= 0.6 is 0 Å². The first-order valence-electron chi connectivity index (χ1n) is 3.06. The number of phenolic OH excluding ortho intramolecular Hbond substituents is 1. The molecule has 7 heteroatoms. The number of hydrogen-bond acceptors (Lipinski definition) is 5. The average molecular weight is 183 g/mol. The van der Waals surface area contributed by atoms with Crippen LogP contribution in [0.2, 0.25) is 0 Å². The summed E-state index contributed by atoms with van der Waals surface area (Å²) in [6, 6.07) is 4.02. The molecule has 0 heterocycles. The number of aromatic hydroxyl groups is 1. The maximum absolute atomic E-state index is 10.2. The molecule has 0 aliphatic heterocycles. The van der Waals surface area contributed by atoms with Crippen molar-refractivity contribution in [1.82, 2.24) is 0 Å². The Balaban J connectivity index is 3.35. The van der Waals surface area contributed by atoms with E-state index in [1.165, 1.54) is 0 Å². The topological polar surface area (TPSA) is 107 Å². The van der Waals surface area contributed by atoms with Crippen molar-refractivity contribution in [1.29, 1.82) is 0 Å². The molecule has 0 aromatic heterocycles. The van der Waals surface area contributed by atoms with E-state index < -0.39 is 27.0 Å². The molecule has 1 aromatic carbocycles. The summed E-state index contributed by atoms with van der Waals surface area (Å²) < 4.78 is 0. The van der Waals surface area contributed by atoms with E-state index in [9.17, 15) is 20.2 Å². The number of hydrogen-bond donors (Lipinski definition) is 1. The number of benzene rings is 1. The van der Waals surface area contributed by atoms with Crippen molar-refractivity contribution in [2.24, 2.45) is 0 Å². The van der Waals surface area contributed by atoms with Crippen LogP contribution in [-0.4, -0.2) is 15.0 Å². The lowest BCUT2D eigenvalue weighted by Gasteiger charge is -1.95. The molecular formula is C6H3N2O5. The minimum atomic E-state index is -0.975. The summed E-state index contributed by atoms with van der Waals surface area (Å²) >= 11 is 0. The van der Waals surface area contributed by atoms with Gasteiger partial charge in [-0.1, -0.05) is 0 Å². The Morgan fingerprint density at radius 3 is 2.38 bits per heavy atom. The predicted molar refractivity (Wildman–Crippen MR) is 40.3 cm³/mol. The van der Waals surface area contributed by atoms with E-state index in [-0.39, 0.29) is 0 Å². The highest BCUT2D eigenvalue weighted by molar-refractivity contribution is 5.57. The van der Waals surface area contributed by atoms with E-state index in [1.807, 2.05) is 0 Å². The molecule has 13 heavy (non-hydrogen) atoms. The quantitative estimate of drug-likeness (QED) is 0.543. The van der Waals surface area contributed by atoms with Crippen LogP contribution in [0.3, 0.4) is 0 Å². The van der Waals surface area contributed by atoms with E-state index in [0.717, 1.165) is 12.1 Å². The van der Waals surface area contributed by atoms with Crippen LogP contribution in [0.25, 0.3) is 0 Å². The Hall–Kier alpha value is -2.18. The summed E-state index contributed by atoms with van der Waals surface area (Å²) in [6.45, 7) is 0. The summed E-state index contributed by atoms with van der Waals surface area (Å²) in [5, 5.41) is 29.4. The summed E-state index contributed by atoms with van der Waals surface area (Å²) in [5.41, 5.74) is -1.50. The van der Waals surface area contributed by atoms with Gasteiger partial charge in [0.1, 0.15) is 0 Å². The summed E-state index contributed by atoms with van der Waals surface area (Å²) in [6.07, 6.45) is 0. The standard InChI is InChI=1S/C6H3N2O5/c9-6-4(7(10)11)2-1-3-5(6)8(12)13/h1-2,9H. The minimum Gasteiger partial charge on any atom is -0.497 e. The van der Waals surface area contributed by atoms with Gasteiger partial charge >= 0.3 is 11.4 Å². The van der Waals surface area contributed by atoms with E-state index in [0.29, 0.717) is 0 Å². The lowest BCUT2D eigenvalue weighted by Crippen LogP contribution is -1.93. The smallest absolute Gasteiger partial charge is 0.326 e. The Morgan fingerprint density at radius 2 is 1.92 bits per heavy atom. The first kappa shape index (κ1) is 8.91. The SMILES string of the molecule is O=[N+]([O-])c1[c]ccc([N+](=O)[O-])c1O. The van der Waals surface area contributed by atoms with Gasteiger partial charge in [0, 0.05) is 6.07 Å². The van der Waals surface area contributed by atoms with Crippen LogP contribution in [0.5, 0.6) is 5.75 Å². The Kier molecular flexibility index (Phi) is 2.09. The Labute approximate surface area is 71.5 Å². The first-order valence-corrected chi connectivity index (χ1v) is 3.06. The van der Waals surface area contributed by atoms with Crippen molar-refractivity contribution in [2.45, 2.75) is 0 Å². The number of nitro groups is 2. The van der Waals surface area contributed by atoms with Crippen LogP contribution in [-0.2, 0) is 0 Å². The van der Waals surface area contributed by atoms with Crippen molar-refractivity contribution < 1.29 is 15.0 Å². The third-order valence-corrected chi connectivity index (χ3v) is 1.31. The van der Waals surface area contributed by atoms with Crippen molar-refractivity contribution >= 4 is 11.4 Å². The molecule has 0 fully saturated rings. The van der Waals surface area contributed by atoms with Gasteiger partial charge in [0.15, 0.2) is 0 Å². The van der Waals surface area contributed by atoms with E-state index >= 15 is 0 Å². The van der Waals surface area contributed by atoms with Gasteiger partial charge in [-0.3, -0.25) is 20.2 Å². The zero-order chi connectivity index (χ0) is 10.0. The van der Waals surface area contributed by atoms with Gasteiger partial charge < -0.3 is 5.11 Å². The molecule has 7 nitrogen and oxygen atoms in total. The molecule has 0 aliphatic carbocycles. The van der Waals surface area contributed by atoms with Crippen molar-refractivity contribution in [3.8, 4) is 5.75 Å². The van der Waals surface area contributed by atoms with Gasteiger partial charge in [0.25, 0.3) is 5.75 Å². The highest BCUT2D eigenvalue weighted by Crippen LogP contribution is 2.33. The molecular weight excluding hydrogens is 180 g/mol. The fourth-order valence-electron chi connectivity index (χ4n) is 0.755. The normalized spacial score (nSPS) is 9.54. The number of nitro benzene ring substituents is 2. The lowest BCUT2D eigenvalue weighted by atomic mass is 10.2. The minimum absolute atomic E-state index is 0.703. The van der Waals surface area contributed by atoms with E-state index in [2.05, 4.69) is 6.07 Å². The molecule has 1 radical (unpaired) electrons. The maximum Gasteiger partial charge on any atom is 0.326 e. The van der Waals surface area contributed by atoms with Crippen molar-refractivity contribution in [3.05, 3.63) is 38.4 Å². The molecule has 0 bridgehead atoms. The predicted octanol–water partition coefficient (Wildman–Crippen LogP) is 1.01. The van der Waals surface area contributed by atoms with E-state index in [4.69, 9.17) is 5.11 Å². The third kappa shape index (κ3) is 1.53. The van der Waals surface area contributed by atoms with Crippen LogP contribution in [0.15, 0.2) is 12.1 Å². The van der Waals surface area contributed by atoms with Gasteiger partial charge in [-0.2, -0.15) is 0 Å². The molecule has 1 rings (SSSR count). The molecule has 67 valence electrons. The second kappa shape index (κ2) is 3.05. The van der Waals surface area contributed by atoms with Crippen LogP contribution < -0.4 is 0 Å². The molecule has 0 aliphatic rings. The van der Waals surface area contributed by atoms with Gasteiger partial charge in [-0.25, -0.2) is 0 Å². The summed E-state index contributed by atoms with van der Waals surface area (Å²) in [5.74, 6) is -0.975. The molecule has 1 aromatic rings. The lowest BCUT2D eigenvalue weighted by molar-refractivity contribution is -0.396. The zero-order valence-electron chi connectivity index (χ0n) is 6.13. The molecule has 0 atom stereocenters. The van der Waals surface area contributed by atoms with Gasteiger partial charge in [-0.15, -0.1) is 0 Å². The fourth-order valence-corrected chi connectivity index (χ4v) is 0.755. The second-order valence-electron chi connectivity index (χ2n) is 2.07. The fraction of sp³-hybridized carbons (Fsp3) is 0. The molecule has 0 spiro atoms. The molecule has 0 saturated heterocycles. The van der Waals surface area contributed by atoms with Crippen molar-refractivity contribution in [2.75, 3.05) is 0 Å². The Morgan fingerprint density at radius 1 is 1.31 bits per heavy atom. The molecule has 0 amide bonds. The monoisotopic (exact) mass is 183 g/mol. The van der Waals surface area contributed by atoms with Crippen LogP contribution in [0, 0.1) is 26.3 Å². The zero-order valence-corrected chi connectivity index (χ0v) is 6.13. The van der Waals surface area contributed by atoms with Gasteiger partial charge in [0.05, 0.1) is 15.9 Å². The molecule has 0 unspecified atom stereocenters. The number of phenols is 1. The first-order chi connectivity index (χ1) is 6.04. The highest BCUT2D eigenvalue weighted by Gasteiger charge is 2.23. The van der Waals surface area contributed by atoms with Crippen molar-refractivity contribution in [3.63, 3.8) is 0 Å². The summed E-state index contributed by atoms with van der Waals surface area (Å²) in [4.78, 5) is 18.5. The third-order valence-electron chi connectivity index (χ3n) is 1.31. The average Bonchev–Trinajstić information content (AvgIpc) is 2.03. The molecule has 1 N–H and O–H groups in total. The molecule has 0 saturated carbocycles. The number of rotatable bonds is 2. The van der Waals surface area contributed by atoms with Gasteiger partial charge in [-0.05, 0) is 6.07 Å². The van der Waals surface area contributed by atoms with E-state index in [1.54, 1.807) is 0 Å². The number of nitrogens with zero attached hydrogens (tertiary/aromatic N) is 2. The van der Waals surface area contributed by atoms with Crippen LogP contribution in [0.4, 0.5) is 11.4 Å². The second-order valence-corrected chi connectivity index (χ2v) is 2.07. The highest BCUT2D eigenvalue weighted by atomic mass is 16.6. The summed E-state index contributed by atoms with van der Waals surface area (Å²) in [7, 11) is 0. The largest absolute Gasteiger partial charge is 0.497 e. The van der Waals surface area contributed by atoms with Crippen LogP contribution in [0.1, 0.15) is 0 Å². The Bertz CT molecular complexity index is 343. The maximum atomic E-state index is 10.2. The van der Waals surface area contributed by atoms with Gasteiger partial charge in [0.2, 0.25) is 0 Å².